The number of aromatic amines is 1. The summed E-state index contributed by atoms with van der Waals surface area (Å²) in [5.74, 6) is -0.0477. The lowest BCUT2D eigenvalue weighted by Gasteiger charge is -2.33. The first kappa shape index (κ1) is 33.4. The van der Waals surface area contributed by atoms with Crippen LogP contribution < -0.4 is 16.2 Å². The van der Waals surface area contributed by atoms with Crippen molar-refractivity contribution >= 4 is 28.9 Å². The zero-order valence-electron chi connectivity index (χ0n) is 27.4. The number of methoxy groups -OCH3 is 1. The van der Waals surface area contributed by atoms with Crippen molar-refractivity contribution in [1.82, 2.24) is 34.2 Å². The molecule has 0 radical (unpaired) electrons. The number of nitrogen functional groups attached to an aromatic ring is 1. The molecule has 2 aliphatic heterocycles. The lowest BCUT2D eigenvalue weighted by molar-refractivity contribution is -0.139. The zero-order chi connectivity index (χ0) is 32.6. The standard InChI is InChI=1S/C33H48N8O5/c1-4-6-18-46-32-36-30(34)29-31(37-32)41(33(44)35-29)25-13-17-39(26(25)21-38-15-7-8-16-38)22-27(42)40(14-5-2)20-24-11-9-23(10-12-24)19-28(43)45-3/h9-12,25-26H,4-8,13-22H2,1-3H3,(H,35,44)(H2,34,36,37)/t25?,26-/m0/s1. The van der Waals surface area contributed by atoms with Crippen LogP contribution in [0.4, 0.5) is 5.82 Å². The molecule has 3 N–H and O–H groups in total. The van der Waals surface area contributed by atoms with E-state index in [1.54, 1.807) is 4.57 Å². The molecule has 2 aliphatic rings. The Bertz CT molecular complexity index is 1530. The fourth-order valence-corrected chi connectivity index (χ4v) is 6.60. The van der Waals surface area contributed by atoms with Gasteiger partial charge in [-0.25, -0.2) is 4.79 Å². The van der Waals surface area contributed by atoms with Crippen LogP contribution in [-0.4, -0.2) is 105 Å². The van der Waals surface area contributed by atoms with Gasteiger partial charge in [0.15, 0.2) is 11.5 Å². The van der Waals surface area contributed by atoms with Crippen LogP contribution in [0, 0.1) is 0 Å². The number of amides is 1. The minimum atomic E-state index is -0.283. The van der Waals surface area contributed by atoms with Crippen LogP contribution in [0.25, 0.3) is 11.2 Å². The summed E-state index contributed by atoms with van der Waals surface area (Å²) in [5.41, 5.74) is 8.70. The number of H-pyrrole nitrogens is 1. The van der Waals surface area contributed by atoms with Crippen molar-refractivity contribution in [2.24, 2.45) is 0 Å². The molecule has 2 saturated heterocycles. The van der Waals surface area contributed by atoms with Crippen LogP contribution in [0.5, 0.6) is 6.01 Å². The summed E-state index contributed by atoms with van der Waals surface area (Å²) in [5, 5.41) is 0. The highest BCUT2D eigenvalue weighted by atomic mass is 16.5. The van der Waals surface area contributed by atoms with E-state index in [0.717, 1.165) is 62.9 Å². The van der Waals surface area contributed by atoms with Crippen LogP contribution in [-0.2, 0) is 27.3 Å². The average Bonchev–Trinajstić information content (AvgIpc) is 3.78. The van der Waals surface area contributed by atoms with Gasteiger partial charge in [-0.05, 0) is 56.3 Å². The van der Waals surface area contributed by atoms with E-state index in [4.69, 9.17) is 15.2 Å². The normalized spacial score (nSPS) is 18.8. The summed E-state index contributed by atoms with van der Waals surface area (Å²) in [4.78, 5) is 57.4. The highest BCUT2D eigenvalue weighted by Crippen LogP contribution is 2.32. The zero-order valence-corrected chi connectivity index (χ0v) is 27.4. The number of likely N-dealkylation sites (tertiary alicyclic amines) is 2. The first-order chi connectivity index (χ1) is 22.3. The lowest BCUT2D eigenvalue weighted by atomic mass is 10.1. The van der Waals surface area contributed by atoms with Gasteiger partial charge in [-0.15, -0.1) is 0 Å². The van der Waals surface area contributed by atoms with Crippen molar-refractivity contribution in [2.45, 2.75) is 77.4 Å². The Morgan fingerprint density at radius 2 is 1.80 bits per heavy atom. The highest BCUT2D eigenvalue weighted by molar-refractivity contribution is 5.82. The number of fused-ring (bicyclic) bond motifs is 1. The Morgan fingerprint density at radius 3 is 2.50 bits per heavy atom. The van der Waals surface area contributed by atoms with Crippen molar-refractivity contribution < 1.29 is 19.1 Å². The molecule has 5 rings (SSSR count). The number of rotatable bonds is 15. The maximum absolute atomic E-state index is 13.9. The van der Waals surface area contributed by atoms with Gasteiger partial charge in [0.2, 0.25) is 5.91 Å². The number of imidazole rings is 1. The predicted molar refractivity (Wildman–Crippen MR) is 176 cm³/mol. The van der Waals surface area contributed by atoms with Gasteiger partial charge >= 0.3 is 17.7 Å². The summed E-state index contributed by atoms with van der Waals surface area (Å²) in [6, 6.07) is 7.65. The third kappa shape index (κ3) is 7.87. The van der Waals surface area contributed by atoms with Crippen LogP contribution in [0.2, 0.25) is 0 Å². The molecule has 1 amide bonds. The molecule has 1 aromatic carbocycles. The minimum Gasteiger partial charge on any atom is -0.469 e. The molecular formula is C33H48N8O5. The van der Waals surface area contributed by atoms with Gasteiger partial charge in [0, 0.05) is 32.2 Å². The van der Waals surface area contributed by atoms with Gasteiger partial charge in [-0.3, -0.25) is 19.1 Å². The fraction of sp³-hybridized carbons (Fsp3) is 0.606. The lowest BCUT2D eigenvalue weighted by Crippen LogP contribution is -2.48. The number of ether oxygens (including phenoxy) is 2. The number of carbonyl (C=O) groups is 2. The average molecular weight is 637 g/mol. The fourth-order valence-electron chi connectivity index (χ4n) is 6.60. The van der Waals surface area contributed by atoms with E-state index in [1.807, 2.05) is 29.2 Å². The number of carbonyl (C=O) groups excluding carboxylic acids is 2. The number of anilines is 1. The maximum atomic E-state index is 13.9. The number of benzene rings is 1. The molecular weight excluding hydrogens is 588 g/mol. The van der Waals surface area contributed by atoms with E-state index in [2.05, 4.69) is 38.6 Å². The second-order valence-corrected chi connectivity index (χ2v) is 12.4. The smallest absolute Gasteiger partial charge is 0.328 e. The number of nitrogens with two attached hydrogens (primary N) is 1. The van der Waals surface area contributed by atoms with E-state index in [1.165, 1.54) is 7.11 Å². The molecule has 0 saturated carbocycles. The molecule has 250 valence electrons. The Balaban J connectivity index is 1.37. The molecule has 0 aliphatic carbocycles. The van der Waals surface area contributed by atoms with E-state index < -0.39 is 0 Å². The molecule has 2 fully saturated rings. The number of hydrogen-bond donors (Lipinski definition) is 2. The van der Waals surface area contributed by atoms with E-state index in [-0.39, 0.29) is 54.4 Å². The second kappa shape index (κ2) is 15.5. The van der Waals surface area contributed by atoms with Crippen molar-refractivity contribution in [3.8, 4) is 6.01 Å². The van der Waals surface area contributed by atoms with Crippen molar-refractivity contribution in [3.05, 3.63) is 45.9 Å². The number of nitrogens with one attached hydrogen (secondary N) is 1. The monoisotopic (exact) mass is 636 g/mol. The van der Waals surface area contributed by atoms with E-state index >= 15 is 0 Å². The van der Waals surface area contributed by atoms with Crippen LogP contribution in [0.15, 0.2) is 29.1 Å². The van der Waals surface area contributed by atoms with Gasteiger partial charge in [-0.1, -0.05) is 44.5 Å². The summed E-state index contributed by atoms with van der Waals surface area (Å²) < 4.78 is 12.3. The molecule has 1 unspecified atom stereocenters. The second-order valence-electron chi connectivity index (χ2n) is 12.4. The molecule has 13 heteroatoms. The molecule has 2 aromatic heterocycles. The van der Waals surface area contributed by atoms with Gasteiger partial charge in [0.25, 0.3) is 0 Å². The molecule has 4 heterocycles. The van der Waals surface area contributed by atoms with Crippen LogP contribution in [0.1, 0.15) is 69.5 Å². The molecule has 2 atom stereocenters. The Morgan fingerprint density at radius 1 is 1.07 bits per heavy atom. The molecule has 0 bridgehead atoms. The Hall–Kier alpha value is -3.97. The summed E-state index contributed by atoms with van der Waals surface area (Å²) in [6.07, 6.45) is 5.88. The Labute approximate surface area is 270 Å². The molecule has 3 aromatic rings. The predicted octanol–water partition coefficient (Wildman–Crippen LogP) is 2.75. The number of esters is 1. The minimum absolute atomic E-state index is 0.0528. The third-order valence-electron chi connectivity index (χ3n) is 9.06. The maximum Gasteiger partial charge on any atom is 0.328 e. The van der Waals surface area contributed by atoms with E-state index in [0.29, 0.717) is 43.8 Å². The SMILES string of the molecule is CCCCOc1nc(N)c2[nH]c(=O)n(C3CCN(CC(=O)N(CCC)Cc4ccc(CC(=O)OC)cc4)[C@H]3CN3CCCC3)c2n1. The van der Waals surface area contributed by atoms with Crippen molar-refractivity contribution in [1.29, 1.82) is 0 Å². The number of hydrogen-bond acceptors (Lipinski definition) is 10. The van der Waals surface area contributed by atoms with Crippen LogP contribution >= 0.6 is 0 Å². The quantitative estimate of drug-likeness (QED) is 0.188. The number of unbranched alkanes of at least 4 members (excludes halogenated alkanes) is 1. The van der Waals surface area contributed by atoms with Gasteiger partial charge in [0.1, 0.15) is 5.52 Å². The summed E-state index contributed by atoms with van der Waals surface area (Å²) in [7, 11) is 1.38. The van der Waals surface area contributed by atoms with Gasteiger partial charge < -0.3 is 30.0 Å². The van der Waals surface area contributed by atoms with E-state index in [9.17, 15) is 14.4 Å². The molecule has 0 spiro atoms. The first-order valence-corrected chi connectivity index (χ1v) is 16.6. The first-order valence-electron chi connectivity index (χ1n) is 16.6. The van der Waals surface area contributed by atoms with Crippen molar-refractivity contribution in [3.63, 3.8) is 0 Å². The van der Waals surface area contributed by atoms with Gasteiger partial charge in [0.05, 0.1) is 32.7 Å². The summed E-state index contributed by atoms with van der Waals surface area (Å²) >= 11 is 0. The summed E-state index contributed by atoms with van der Waals surface area (Å²) in [6.45, 7) is 9.44. The van der Waals surface area contributed by atoms with Gasteiger partial charge in [-0.2, -0.15) is 9.97 Å². The third-order valence-corrected chi connectivity index (χ3v) is 9.06. The number of nitrogens with zero attached hydrogens (tertiary/aromatic N) is 6. The van der Waals surface area contributed by atoms with Crippen molar-refractivity contribution in [2.75, 3.05) is 58.7 Å². The van der Waals surface area contributed by atoms with Crippen LogP contribution in [0.3, 0.4) is 0 Å². The topological polar surface area (TPSA) is 152 Å². The Kier molecular flexibility index (Phi) is 11.3. The molecule has 46 heavy (non-hydrogen) atoms. The largest absolute Gasteiger partial charge is 0.469 e. The number of aromatic nitrogens is 4. The molecule has 13 nitrogen and oxygen atoms in total. The highest BCUT2D eigenvalue weighted by Gasteiger charge is 2.40.